The van der Waals surface area contributed by atoms with Gasteiger partial charge < -0.3 is 9.30 Å². The second-order valence-corrected chi connectivity index (χ2v) is 7.41. The van der Waals surface area contributed by atoms with Gasteiger partial charge in [-0.1, -0.05) is 6.07 Å². The molecule has 0 aliphatic heterocycles. The van der Waals surface area contributed by atoms with Crippen LogP contribution in [0.2, 0.25) is 0 Å². The van der Waals surface area contributed by atoms with Crippen LogP contribution in [0.5, 0.6) is 0 Å². The molecule has 4 nitrogen and oxygen atoms in total. The summed E-state index contributed by atoms with van der Waals surface area (Å²) in [6.45, 7) is 6.32. The topological polar surface area (TPSA) is 43.6 Å². The first-order valence-corrected chi connectivity index (χ1v) is 9.83. The lowest BCUT2D eigenvalue weighted by Gasteiger charge is -2.09. The summed E-state index contributed by atoms with van der Waals surface area (Å²) in [4.78, 5) is 16.4. The molecule has 0 saturated heterocycles. The molecule has 1 aromatic heterocycles. The first-order valence-electron chi connectivity index (χ1n) is 8.75. The number of rotatable bonds is 5. The smallest absolute Gasteiger partial charge is 0.338 e. The monoisotopic (exact) mass is 472 g/mol. The van der Waals surface area contributed by atoms with E-state index in [0.717, 1.165) is 28.3 Å². The van der Waals surface area contributed by atoms with Crippen LogP contribution in [0.25, 0.3) is 5.69 Å². The maximum Gasteiger partial charge on any atom is 0.338 e. The molecule has 0 N–H and O–H groups in total. The lowest BCUT2D eigenvalue weighted by atomic mass is 10.2. The molecule has 5 heteroatoms. The van der Waals surface area contributed by atoms with Gasteiger partial charge in [0.25, 0.3) is 0 Å². The van der Waals surface area contributed by atoms with Crippen LogP contribution in [0.4, 0.5) is 5.69 Å². The number of halogens is 1. The lowest BCUT2D eigenvalue weighted by molar-refractivity contribution is 0.0526. The Labute approximate surface area is 173 Å². The van der Waals surface area contributed by atoms with E-state index in [9.17, 15) is 4.79 Å². The highest BCUT2D eigenvalue weighted by Crippen LogP contribution is 2.22. The normalized spacial score (nSPS) is 11.1. The van der Waals surface area contributed by atoms with E-state index in [1.54, 1.807) is 19.1 Å². The average molecular weight is 472 g/mol. The van der Waals surface area contributed by atoms with E-state index in [0.29, 0.717) is 12.2 Å². The molecule has 0 aliphatic carbocycles. The van der Waals surface area contributed by atoms with Crippen molar-refractivity contribution in [1.82, 2.24) is 4.57 Å². The van der Waals surface area contributed by atoms with Gasteiger partial charge in [-0.2, -0.15) is 0 Å². The van der Waals surface area contributed by atoms with Crippen molar-refractivity contribution in [3.63, 3.8) is 0 Å². The van der Waals surface area contributed by atoms with Crippen molar-refractivity contribution >= 4 is 40.5 Å². The largest absolute Gasteiger partial charge is 0.462 e. The zero-order valence-electron chi connectivity index (χ0n) is 15.6. The quantitative estimate of drug-likeness (QED) is 0.275. The number of aryl methyl sites for hydroxylation is 1. The second-order valence-electron chi connectivity index (χ2n) is 6.17. The predicted molar refractivity (Wildman–Crippen MR) is 118 cm³/mol. The summed E-state index contributed by atoms with van der Waals surface area (Å²) in [5.74, 6) is -0.327. The fourth-order valence-electron chi connectivity index (χ4n) is 2.98. The summed E-state index contributed by atoms with van der Waals surface area (Å²) in [5.41, 5.74) is 5.69. The molecule has 0 radical (unpaired) electrons. The van der Waals surface area contributed by atoms with Gasteiger partial charge in [-0.05, 0) is 91.9 Å². The van der Waals surface area contributed by atoms with Crippen molar-refractivity contribution in [3.8, 4) is 5.69 Å². The zero-order chi connectivity index (χ0) is 19.4. The number of hydrogen-bond donors (Lipinski definition) is 0. The van der Waals surface area contributed by atoms with Crippen LogP contribution in [-0.2, 0) is 4.74 Å². The minimum Gasteiger partial charge on any atom is -0.462 e. The van der Waals surface area contributed by atoms with Gasteiger partial charge in [0, 0.05) is 32.4 Å². The van der Waals surface area contributed by atoms with E-state index >= 15 is 0 Å². The molecular formula is C22H21IN2O2. The highest BCUT2D eigenvalue weighted by molar-refractivity contribution is 14.1. The summed E-state index contributed by atoms with van der Waals surface area (Å²) in [5, 5.41) is 0. The molecule has 0 saturated carbocycles. The molecule has 0 spiro atoms. The molecule has 3 aromatic rings. The van der Waals surface area contributed by atoms with E-state index in [-0.39, 0.29) is 5.97 Å². The number of aromatic nitrogens is 1. The van der Waals surface area contributed by atoms with Crippen LogP contribution in [-0.4, -0.2) is 23.4 Å². The van der Waals surface area contributed by atoms with Gasteiger partial charge in [-0.3, -0.25) is 4.99 Å². The molecular weight excluding hydrogens is 451 g/mol. The Morgan fingerprint density at radius 2 is 1.89 bits per heavy atom. The number of carbonyl (C=O) groups is 1. The molecule has 0 unspecified atom stereocenters. The number of aliphatic imine (C=N–C) groups is 1. The van der Waals surface area contributed by atoms with E-state index in [2.05, 4.69) is 76.3 Å². The summed E-state index contributed by atoms with van der Waals surface area (Å²) < 4.78 is 8.47. The molecule has 27 heavy (non-hydrogen) atoms. The molecule has 0 atom stereocenters. The van der Waals surface area contributed by atoms with E-state index < -0.39 is 0 Å². The summed E-state index contributed by atoms with van der Waals surface area (Å²) >= 11 is 2.31. The number of esters is 1. The average Bonchev–Trinajstić information content (AvgIpc) is 2.95. The van der Waals surface area contributed by atoms with Crippen molar-refractivity contribution in [2.75, 3.05) is 6.61 Å². The Balaban J connectivity index is 1.88. The maximum atomic E-state index is 11.9. The molecule has 0 fully saturated rings. The summed E-state index contributed by atoms with van der Waals surface area (Å²) in [6, 6.07) is 17.7. The van der Waals surface area contributed by atoms with Crippen LogP contribution < -0.4 is 0 Å². The Morgan fingerprint density at radius 1 is 1.15 bits per heavy atom. The van der Waals surface area contributed by atoms with Crippen LogP contribution in [0.1, 0.15) is 34.2 Å². The Bertz CT molecular complexity index is 988. The fraction of sp³-hybridized carbons (Fsp3) is 0.182. The van der Waals surface area contributed by atoms with Gasteiger partial charge in [0.1, 0.15) is 0 Å². The molecule has 2 aromatic carbocycles. The Kier molecular flexibility index (Phi) is 6.11. The van der Waals surface area contributed by atoms with Gasteiger partial charge in [0.2, 0.25) is 0 Å². The summed E-state index contributed by atoms with van der Waals surface area (Å²) in [6.07, 6.45) is 1.84. The van der Waals surface area contributed by atoms with Gasteiger partial charge in [0.05, 0.1) is 17.9 Å². The van der Waals surface area contributed by atoms with E-state index in [1.165, 1.54) is 3.57 Å². The first-order chi connectivity index (χ1) is 13.0. The minimum absolute atomic E-state index is 0.327. The SMILES string of the molecule is CCOC(=O)c1cccc(N=Cc2cc(C)n(-c3ccc(I)cc3)c2C)c1. The molecule has 138 valence electrons. The van der Waals surface area contributed by atoms with Crippen molar-refractivity contribution in [1.29, 1.82) is 0 Å². The molecule has 0 amide bonds. The van der Waals surface area contributed by atoms with Crippen molar-refractivity contribution in [3.05, 3.63) is 80.7 Å². The van der Waals surface area contributed by atoms with Gasteiger partial charge in [-0.15, -0.1) is 0 Å². The second kappa shape index (κ2) is 8.52. The standard InChI is InChI=1S/C22H21IN2O2/c1-4-27-22(26)17-6-5-7-20(13-17)24-14-18-12-15(2)25(16(18)3)21-10-8-19(23)9-11-21/h5-14H,4H2,1-3H3. The number of hydrogen-bond acceptors (Lipinski definition) is 3. The summed E-state index contributed by atoms with van der Waals surface area (Å²) in [7, 11) is 0. The van der Waals surface area contributed by atoms with Crippen LogP contribution in [0.3, 0.4) is 0 Å². The lowest BCUT2D eigenvalue weighted by Crippen LogP contribution is -2.03. The number of benzene rings is 2. The Morgan fingerprint density at radius 3 is 2.59 bits per heavy atom. The highest BCUT2D eigenvalue weighted by Gasteiger charge is 2.10. The Hall–Kier alpha value is -2.41. The van der Waals surface area contributed by atoms with Crippen LogP contribution in [0, 0.1) is 17.4 Å². The van der Waals surface area contributed by atoms with E-state index in [4.69, 9.17) is 4.74 Å². The molecule has 0 bridgehead atoms. The van der Waals surface area contributed by atoms with Gasteiger partial charge in [0.15, 0.2) is 0 Å². The van der Waals surface area contributed by atoms with Crippen molar-refractivity contribution in [2.45, 2.75) is 20.8 Å². The third kappa shape index (κ3) is 4.47. The van der Waals surface area contributed by atoms with Gasteiger partial charge in [-0.25, -0.2) is 4.79 Å². The molecule has 1 heterocycles. The number of carbonyl (C=O) groups excluding carboxylic acids is 1. The number of nitrogens with zero attached hydrogens (tertiary/aromatic N) is 2. The third-order valence-electron chi connectivity index (χ3n) is 4.27. The van der Waals surface area contributed by atoms with E-state index in [1.807, 2.05) is 18.3 Å². The fourth-order valence-corrected chi connectivity index (χ4v) is 3.34. The van der Waals surface area contributed by atoms with Gasteiger partial charge >= 0.3 is 5.97 Å². The molecule has 0 aliphatic rings. The zero-order valence-corrected chi connectivity index (χ0v) is 17.7. The third-order valence-corrected chi connectivity index (χ3v) is 4.98. The number of ether oxygens (including phenoxy) is 1. The van der Waals surface area contributed by atoms with Crippen molar-refractivity contribution in [2.24, 2.45) is 4.99 Å². The van der Waals surface area contributed by atoms with Crippen LogP contribution >= 0.6 is 22.6 Å². The predicted octanol–water partition coefficient (Wildman–Crippen LogP) is 5.63. The maximum absolute atomic E-state index is 11.9. The highest BCUT2D eigenvalue weighted by atomic mass is 127. The minimum atomic E-state index is -0.327. The van der Waals surface area contributed by atoms with Crippen LogP contribution in [0.15, 0.2) is 59.6 Å². The van der Waals surface area contributed by atoms with Crippen molar-refractivity contribution < 1.29 is 9.53 Å². The first kappa shape index (κ1) is 19.4. The molecule has 3 rings (SSSR count).